The largest absolute Gasteiger partial charge is 0.486 e. The van der Waals surface area contributed by atoms with Gasteiger partial charge in [0, 0.05) is 6.54 Å². The number of hydrogen-bond acceptors (Lipinski definition) is 6. The minimum atomic E-state index is -1.05. The Morgan fingerprint density at radius 2 is 1.86 bits per heavy atom. The lowest BCUT2D eigenvalue weighted by Crippen LogP contribution is -2.46. The molecule has 0 bridgehead atoms. The Kier molecular flexibility index (Phi) is 5.65. The van der Waals surface area contributed by atoms with Gasteiger partial charge in [-0.05, 0) is 34.6 Å². The van der Waals surface area contributed by atoms with Gasteiger partial charge in [0.15, 0.2) is 5.75 Å². The highest BCUT2D eigenvalue weighted by Gasteiger charge is 2.36. The normalized spacial score (nSPS) is 13.2. The summed E-state index contributed by atoms with van der Waals surface area (Å²) in [6, 6.07) is -1.05. The third-order valence-corrected chi connectivity index (χ3v) is 2.65. The van der Waals surface area contributed by atoms with Crippen LogP contribution in [-0.4, -0.2) is 24.2 Å². The van der Waals surface area contributed by atoms with Crippen molar-refractivity contribution < 1.29 is 14.3 Å². The van der Waals surface area contributed by atoms with E-state index in [-0.39, 0.29) is 24.0 Å². The molecule has 0 saturated carbocycles. The van der Waals surface area contributed by atoms with Gasteiger partial charge in [-0.25, -0.2) is 4.79 Å². The fourth-order valence-electron chi connectivity index (χ4n) is 1.87. The van der Waals surface area contributed by atoms with E-state index >= 15 is 0 Å². The average Bonchev–Trinajstić information content (AvgIpc) is 2.38. The molecule has 0 heterocycles. The molecule has 22 heavy (non-hydrogen) atoms. The van der Waals surface area contributed by atoms with Gasteiger partial charge in [-0.1, -0.05) is 6.08 Å². The Morgan fingerprint density at radius 1 is 1.27 bits per heavy atom. The van der Waals surface area contributed by atoms with Crippen LogP contribution in [0.15, 0.2) is 22.2 Å². The van der Waals surface area contributed by atoms with Crippen molar-refractivity contribution in [3.05, 3.63) is 38.7 Å². The number of carbonyl (C=O) groups is 1. The van der Waals surface area contributed by atoms with E-state index in [1.165, 1.54) is 0 Å². The maximum atomic E-state index is 12.3. The Bertz CT molecular complexity index is 617. The second-order valence-corrected chi connectivity index (χ2v) is 6.23. The lowest BCUT2D eigenvalue weighted by Gasteiger charge is -2.26. The van der Waals surface area contributed by atoms with Gasteiger partial charge < -0.3 is 9.47 Å². The third-order valence-electron chi connectivity index (χ3n) is 2.65. The first-order valence-corrected chi connectivity index (χ1v) is 7.15. The van der Waals surface area contributed by atoms with Crippen LogP contribution >= 0.6 is 0 Å². The van der Waals surface area contributed by atoms with Crippen molar-refractivity contribution in [2.75, 3.05) is 6.54 Å². The van der Waals surface area contributed by atoms with Crippen molar-refractivity contribution in [2.24, 2.45) is 0 Å². The summed E-state index contributed by atoms with van der Waals surface area (Å²) in [6.45, 7) is 12.5. The summed E-state index contributed by atoms with van der Waals surface area (Å²) in [5.41, 5.74) is -2.11. The fourth-order valence-corrected chi connectivity index (χ4v) is 1.87. The zero-order valence-electron chi connectivity index (χ0n) is 13.7. The zero-order chi connectivity index (χ0) is 17.1. The minimum Gasteiger partial charge on any atom is -0.486 e. The molecule has 0 aliphatic carbocycles. The molecule has 1 N–H and O–H groups in total. The second-order valence-electron chi connectivity index (χ2n) is 6.23. The van der Waals surface area contributed by atoms with Crippen molar-refractivity contribution in [1.29, 1.82) is 0 Å². The van der Waals surface area contributed by atoms with Crippen LogP contribution in [0.2, 0.25) is 0 Å². The van der Waals surface area contributed by atoms with Crippen LogP contribution in [0.4, 0.5) is 0 Å². The summed E-state index contributed by atoms with van der Waals surface area (Å²) in [4.78, 5) is 35.8. The predicted molar refractivity (Wildman–Crippen MR) is 83.9 cm³/mol. The van der Waals surface area contributed by atoms with E-state index in [2.05, 4.69) is 11.9 Å². The van der Waals surface area contributed by atoms with Gasteiger partial charge in [0.25, 0.3) is 5.43 Å². The van der Waals surface area contributed by atoms with E-state index in [4.69, 9.17) is 9.47 Å². The van der Waals surface area contributed by atoms with Crippen LogP contribution in [0.5, 0.6) is 5.75 Å². The van der Waals surface area contributed by atoms with Crippen LogP contribution in [0.3, 0.4) is 0 Å². The fraction of sp³-hybridized carbons (Fsp3) is 0.562. The van der Waals surface area contributed by atoms with Crippen LogP contribution in [0.1, 0.15) is 46.2 Å². The van der Waals surface area contributed by atoms with Gasteiger partial charge >= 0.3 is 5.97 Å². The molecule has 6 nitrogen and oxygen atoms in total. The number of ether oxygens (including phenoxy) is 2. The highest BCUT2D eigenvalue weighted by atomic mass is 16.6. The molecule has 122 valence electrons. The highest BCUT2D eigenvalue weighted by Crippen LogP contribution is 2.24. The first kappa shape index (κ1) is 18.1. The lowest BCUT2D eigenvalue weighted by molar-refractivity contribution is -0.157. The lowest BCUT2D eigenvalue weighted by atomic mass is 10.00. The molecule has 0 aliphatic heterocycles. The summed E-state index contributed by atoms with van der Waals surface area (Å²) in [5.74, 6) is -0.692. The smallest absolute Gasteiger partial charge is 0.328 e. The number of carbonyl (C=O) groups excluding carboxylic acids is 1. The summed E-state index contributed by atoms with van der Waals surface area (Å²) in [5, 5.41) is 2.84. The molecular formula is C16H23NO5. The molecule has 0 aromatic heterocycles. The molecule has 6 heteroatoms. The minimum absolute atomic E-state index is 0.0230. The summed E-state index contributed by atoms with van der Waals surface area (Å²) in [7, 11) is 0. The van der Waals surface area contributed by atoms with E-state index in [0.717, 1.165) is 0 Å². The van der Waals surface area contributed by atoms with E-state index in [9.17, 15) is 14.4 Å². The second kappa shape index (κ2) is 6.87. The molecule has 0 spiro atoms. The Balaban J connectivity index is 3.15. The van der Waals surface area contributed by atoms with Gasteiger partial charge in [-0.3, -0.25) is 14.9 Å². The summed E-state index contributed by atoms with van der Waals surface area (Å²) in [6.07, 6.45) is 1.27. The monoisotopic (exact) mass is 309 g/mol. The van der Waals surface area contributed by atoms with Crippen LogP contribution < -0.4 is 20.9 Å². The van der Waals surface area contributed by atoms with E-state index < -0.39 is 28.5 Å². The average molecular weight is 309 g/mol. The van der Waals surface area contributed by atoms with Gasteiger partial charge in [-0.15, -0.1) is 6.58 Å². The number of rotatable bonds is 7. The van der Waals surface area contributed by atoms with Gasteiger partial charge in [0.05, 0.1) is 11.7 Å². The number of esters is 1. The van der Waals surface area contributed by atoms with E-state index in [1.807, 2.05) is 0 Å². The first-order chi connectivity index (χ1) is 10.1. The summed E-state index contributed by atoms with van der Waals surface area (Å²) < 4.78 is 10.7. The standard InChI is InChI=1S/C16H23NO5/c1-7-8-17-11(15(20)22-16(4,5)6)10-12(18)13(19)14(10)21-9(2)3/h7,9,11,17H,1,8H2,2-6H3. The SMILES string of the molecule is C=CCNC(C(=O)OC(C)(C)C)c1c(OC(C)C)c(=O)c1=O. The van der Waals surface area contributed by atoms with Crippen molar-refractivity contribution >= 4 is 5.97 Å². The third kappa shape index (κ3) is 4.27. The van der Waals surface area contributed by atoms with Crippen molar-refractivity contribution in [1.82, 2.24) is 5.32 Å². The Labute approximate surface area is 129 Å². The van der Waals surface area contributed by atoms with E-state index in [1.54, 1.807) is 40.7 Å². The zero-order valence-corrected chi connectivity index (χ0v) is 13.7. The molecule has 0 aliphatic rings. The number of nitrogens with one attached hydrogen (secondary N) is 1. The molecule has 1 rings (SSSR count). The highest BCUT2D eigenvalue weighted by molar-refractivity contribution is 5.79. The van der Waals surface area contributed by atoms with E-state index in [0.29, 0.717) is 0 Å². The maximum Gasteiger partial charge on any atom is 0.328 e. The predicted octanol–water partition coefficient (Wildman–Crippen LogP) is 1.23. The van der Waals surface area contributed by atoms with Gasteiger partial charge in [-0.2, -0.15) is 0 Å². The molecule has 1 aromatic rings. The Morgan fingerprint density at radius 3 is 2.32 bits per heavy atom. The van der Waals surface area contributed by atoms with Crippen molar-refractivity contribution in [3.63, 3.8) is 0 Å². The molecule has 0 radical (unpaired) electrons. The first-order valence-electron chi connectivity index (χ1n) is 7.15. The topological polar surface area (TPSA) is 81.7 Å². The maximum absolute atomic E-state index is 12.3. The van der Waals surface area contributed by atoms with Crippen LogP contribution in [-0.2, 0) is 9.53 Å². The molecule has 1 atom stereocenters. The molecule has 1 aromatic carbocycles. The molecule has 0 fully saturated rings. The van der Waals surface area contributed by atoms with Crippen molar-refractivity contribution in [2.45, 2.75) is 52.4 Å². The Hall–Kier alpha value is -1.95. The quantitative estimate of drug-likeness (QED) is 0.463. The summed E-state index contributed by atoms with van der Waals surface area (Å²) >= 11 is 0. The molecule has 1 unspecified atom stereocenters. The van der Waals surface area contributed by atoms with Crippen LogP contribution in [0, 0.1) is 0 Å². The van der Waals surface area contributed by atoms with Crippen molar-refractivity contribution in [3.8, 4) is 5.75 Å². The number of hydrogen-bond donors (Lipinski definition) is 1. The van der Waals surface area contributed by atoms with Gasteiger partial charge in [0.1, 0.15) is 11.6 Å². The molecule has 0 saturated heterocycles. The van der Waals surface area contributed by atoms with Crippen LogP contribution in [0.25, 0.3) is 0 Å². The molecular weight excluding hydrogens is 286 g/mol. The molecule has 0 amide bonds. The van der Waals surface area contributed by atoms with Gasteiger partial charge in [0.2, 0.25) is 5.43 Å².